The van der Waals surface area contributed by atoms with E-state index in [2.05, 4.69) is 10.3 Å². The van der Waals surface area contributed by atoms with Crippen molar-refractivity contribution in [2.24, 2.45) is 0 Å². The minimum absolute atomic E-state index is 0.302. The van der Waals surface area contributed by atoms with Gasteiger partial charge in [-0.15, -0.1) is 0 Å². The molecule has 1 aromatic heterocycles. The van der Waals surface area contributed by atoms with Gasteiger partial charge >= 0.3 is 5.97 Å². The second-order valence-corrected chi connectivity index (χ2v) is 5.93. The van der Waals surface area contributed by atoms with E-state index in [4.69, 9.17) is 37.4 Å². The Bertz CT molecular complexity index is 854. The predicted molar refractivity (Wildman–Crippen MR) is 102 cm³/mol. The zero-order valence-corrected chi connectivity index (χ0v) is 16.0. The van der Waals surface area contributed by atoms with Gasteiger partial charge in [0.2, 0.25) is 0 Å². The number of halogens is 2. The van der Waals surface area contributed by atoms with Gasteiger partial charge in [-0.3, -0.25) is 4.79 Å². The molecule has 1 N–H and O–H groups in total. The fourth-order valence-corrected chi connectivity index (χ4v) is 2.42. The van der Waals surface area contributed by atoms with E-state index in [1.807, 2.05) is 0 Å². The van der Waals surface area contributed by atoms with Gasteiger partial charge in [-0.1, -0.05) is 23.2 Å². The first-order valence-corrected chi connectivity index (χ1v) is 8.36. The summed E-state index contributed by atoms with van der Waals surface area (Å²) in [6, 6.07) is 6.36. The van der Waals surface area contributed by atoms with E-state index in [9.17, 15) is 9.59 Å². The van der Waals surface area contributed by atoms with Gasteiger partial charge in [-0.2, -0.15) is 0 Å². The Labute approximate surface area is 165 Å². The van der Waals surface area contributed by atoms with Crippen LogP contribution in [-0.4, -0.2) is 37.7 Å². The van der Waals surface area contributed by atoms with Crippen LogP contribution < -0.4 is 14.8 Å². The Balaban J connectivity index is 1.90. The van der Waals surface area contributed by atoms with Crippen LogP contribution in [0.25, 0.3) is 6.08 Å². The summed E-state index contributed by atoms with van der Waals surface area (Å²) >= 11 is 11.8. The van der Waals surface area contributed by atoms with Crippen molar-refractivity contribution in [1.82, 2.24) is 4.98 Å². The molecule has 0 saturated heterocycles. The van der Waals surface area contributed by atoms with E-state index < -0.39 is 18.5 Å². The lowest BCUT2D eigenvalue weighted by atomic mass is 10.2. The molecule has 0 unspecified atom stereocenters. The molecule has 0 aliphatic heterocycles. The standard InChI is InChI=1S/C18H16Cl2N2O5/c1-25-14-8-11(7-13(20)18(14)26-2)3-6-17(24)27-10-16(23)22-15-5-4-12(19)9-21-15/h3-9H,10H2,1-2H3,(H,21,22,23). The number of carbonyl (C=O) groups excluding carboxylic acids is 2. The molecule has 142 valence electrons. The maximum atomic E-state index is 11.8. The number of pyridine rings is 1. The highest BCUT2D eigenvalue weighted by atomic mass is 35.5. The number of amides is 1. The highest BCUT2D eigenvalue weighted by Crippen LogP contribution is 2.36. The number of anilines is 1. The van der Waals surface area contributed by atoms with Gasteiger partial charge in [0.25, 0.3) is 5.91 Å². The molecule has 1 aromatic carbocycles. The van der Waals surface area contributed by atoms with Gasteiger partial charge in [0.05, 0.1) is 24.3 Å². The molecule has 0 bridgehead atoms. The minimum atomic E-state index is -0.694. The lowest BCUT2D eigenvalue weighted by molar-refractivity contribution is -0.142. The van der Waals surface area contributed by atoms with Gasteiger partial charge in [-0.25, -0.2) is 9.78 Å². The first-order valence-electron chi connectivity index (χ1n) is 7.60. The number of nitrogens with zero attached hydrogens (tertiary/aromatic N) is 1. The fourth-order valence-electron chi connectivity index (χ4n) is 2.01. The van der Waals surface area contributed by atoms with Crippen molar-refractivity contribution in [2.45, 2.75) is 0 Å². The first kappa shape index (κ1) is 20.5. The molecule has 9 heteroatoms. The number of esters is 1. The van der Waals surface area contributed by atoms with E-state index in [0.29, 0.717) is 32.9 Å². The summed E-state index contributed by atoms with van der Waals surface area (Å²) < 4.78 is 15.2. The number of aromatic nitrogens is 1. The number of nitrogens with one attached hydrogen (secondary N) is 1. The lowest BCUT2D eigenvalue weighted by Gasteiger charge is -2.10. The molecule has 0 saturated carbocycles. The molecule has 27 heavy (non-hydrogen) atoms. The third-order valence-corrected chi connectivity index (χ3v) is 3.71. The summed E-state index contributed by atoms with van der Waals surface area (Å²) in [7, 11) is 2.95. The Kier molecular flexibility index (Phi) is 7.45. The fraction of sp³-hybridized carbons (Fsp3) is 0.167. The van der Waals surface area contributed by atoms with Crippen molar-refractivity contribution in [3.05, 3.63) is 52.1 Å². The van der Waals surface area contributed by atoms with Crippen LogP contribution in [0.3, 0.4) is 0 Å². The zero-order chi connectivity index (χ0) is 19.8. The van der Waals surface area contributed by atoms with Crippen molar-refractivity contribution in [3.63, 3.8) is 0 Å². The van der Waals surface area contributed by atoms with Crippen molar-refractivity contribution in [2.75, 3.05) is 26.1 Å². The molecule has 0 aliphatic rings. The van der Waals surface area contributed by atoms with Crippen LogP contribution >= 0.6 is 23.2 Å². The molecule has 1 heterocycles. The van der Waals surface area contributed by atoms with Crippen LogP contribution in [0, 0.1) is 0 Å². The number of rotatable bonds is 7. The van der Waals surface area contributed by atoms with Crippen molar-refractivity contribution in [3.8, 4) is 11.5 Å². The van der Waals surface area contributed by atoms with Crippen LogP contribution in [0.2, 0.25) is 10.0 Å². The van der Waals surface area contributed by atoms with E-state index in [0.717, 1.165) is 0 Å². The second-order valence-electron chi connectivity index (χ2n) is 5.09. The molecule has 0 fully saturated rings. The second kappa shape index (κ2) is 9.80. The quantitative estimate of drug-likeness (QED) is 0.554. The summed E-state index contributed by atoms with van der Waals surface area (Å²) in [4.78, 5) is 27.4. The number of hydrogen-bond acceptors (Lipinski definition) is 6. The summed E-state index contributed by atoms with van der Waals surface area (Å²) in [5.41, 5.74) is 0.601. The number of methoxy groups -OCH3 is 2. The van der Waals surface area contributed by atoms with Crippen LogP contribution in [0.1, 0.15) is 5.56 Å². The number of ether oxygens (including phenoxy) is 3. The van der Waals surface area contributed by atoms with Crippen LogP contribution in [0.5, 0.6) is 11.5 Å². The van der Waals surface area contributed by atoms with E-state index in [1.165, 1.54) is 38.6 Å². The van der Waals surface area contributed by atoms with Crippen molar-refractivity contribution in [1.29, 1.82) is 0 Å². The molecule has 0 atom stereocenters. The average Bonchev–Trinajstić information content (AvgIpc) is 2.66. The van der Waals surface area contributed by atoms with Crippen LogP contribution in [-0.2, 0) is 14.3 Å². The topological polar surface area (TPSA) is 86.8 Å². The minimum Gasteiger partial charge on any atom is -0.493 e. The molecule has 0 radical (unpaired) electrons. The maximum absolute atomic E-state index is 11.8. The largest absolute Gasteiger partial charge is 0.493 e. The zero-order valence-electron chi connectivity index (χ0n) is 14.5. The lowest BCUT2D eigenvalue weighted by Crippen LogP contribution is -2.20. The SMILES string of the molecule is COc1cc(C=CC(=O)OCC(=O)Nc2ccc(Cl)cn2)cc(Cl)c1OC. The molecule has 7 nitrogen and oxygen atoms in total. The Morgan fingerprint density at radius 2 is 1.96 bits per heavy atom. The van der Waals surface area contributed by atoms with Gasteiger partial charge in [0.1, 0.15) is 5.82 Å². The summed E-state index contributed by atoms with van der Waals surface area (Å²) in [6.45, 7) is -0.458. The molecular formula is C18H16Cl2N2O5. The normalized spacial score (nSPS) is 10.5. The van der Waals surface area contributed by atoms with Gasteiger partial charge in [-0.05, 0) is 35.9 Å². The van der Waals surface area contributed by atoms with E-state index in [1.54, 1.807) is 18.2 Å². The molecule has 0 spiro atoms. The van der Waals surface area contributed by atoms with Crippen molar-refractivity contribution >= 4 is 47.0 Å². The molecule has 0 aliphatic carbocycles. The first-order chi connectivity index (χ1) is 12.9. The van der Waals surface area contributed by atoms with Crippen LogP contribution in [0.4, 0.5) is 5.82 Å². The summed E-state index contributed by atoms with van der Waals surface area (Å²) in [5.74, 6) is -0.101. The molecule has 1 amide bonds. The highest BCUT2D eigenvalue weighted by Gasteiger charge is 2.10. The Morgan fingerprint density at radius 3 is 2.59 bits per heavy atom. The summed E-state index contributed by atoms with van der Waals surface area (Å²) in [5, 5.41) is 3.25. The third-order valence-electron chi connectivity index (χ3n) is 3.21. The molecular weight excluding hydrogens is 395 g/mol. The summed E-state index contributed by atoms with van der Waals surface area (Å²) in [6.07, 6.45) is 4.04. The maximum Gasteiger partial charge on any atom is 0.331 e. The molecule has 2 aromatic rings. The van der Waals surface area contributed by atoms with Crippen LogP contribution in [0.15, 0.2) is 36.5 Å². The highest BCUT2D eigenvalue weighted by molar-refractivity contribution is 6.32. The average molecular weight is 411 g/mol. The monoisotopic (exact) mass is 410 g/mol. The Hall–Kier alpha value is -2.77. The number of benzene rings is 1. The van der Waals surface area contributed by atoms with Gasteiger partial charge < -0.3 is 19.5 Å². The third kappa shape index (κ3) is 6.16. The Morgan fingerprint density at radius 1 is 1.19 bits per heavy atom. The van der Waals surface area contributed by atoms with Gasteiger partial charge in [0.15, 0.2) is 18.1 Å². The predicted octanol–water partition coefficient (Wildman–Crippen LogP) is 3.60. The van der Waals surface area contributed by atoms with Gasteiger partial charge in [0, 0.05) is 12.3 Å². The number of carbonyl (C=O) groups is 2. The van der Waals surface area contributed by atoms with Crippen molar-refractivity contribution < 1.29 is 23.8 Å². The number of hydrogen-bond donors (Lipinski definition) is 1. The smallest absolute Gasteiger partial charge is 0.331 e. The van der Waals surface area contributed by atoms with E-state index in [-0.39, 0.29) is 0 Å². The molecule has 2 rings (SSSR count). The van der Waals surface area contributed by atoms with E-state index >= 15 is 0 Å².